The Labute approximate surface area is 114 Å². The Balaban J connectivity index is 2.13. The molecular formula is C14H13F2NO3. The number of hydrogen-bond donors (Lipinski definition) is 1. The van der Waals surface area contributed by atoms with E-state index in [1.54, 1.807) is 31.2 Å². The van der Waals surface area contributed by atoms with Crippen LogP contribution in [0.25, 0.3) is 0 Å². The maximum atomic E-state index is 12.3. The van der Waals surface area contributed by atoms with E-state index < -0.39 is 18.6 Å². The maximum Gasteiger partial charge on any atom is 0.387 e. The van der Waals surface area contributed by atoms with Gasteiger partial charge in [-0.05, 0) is 25.1 Å². The largest absolute Gasteiger partial charge is 0.459 e. The van der Waals surface area contributed by atoms with Crippen molar-refractivity contribution in [3.8, 4) is 5.75 Å². The van der Waals surface area contributed by atoms with Crippen LogP contribution < -0.4 is 10.1 Å². The molecule has 0 saturated carbocycles. The summed E-state index contributed by atoms with van der Waals surface area (Å²) in [5.74, 6) is -0.229. The van der Waals surface area contributed by atoms with Crippen LogP contribution in [0.3, 0.4) is 0 Å². The van der Waals surface area contributed by atoms with Crippen molar-refractivity contribution in [1.29, 1.82) is 0 Å². The molecule has 20 heavy (non-hydrogen) atoms. The summed E-state index contributed by atoms with van der Waals surface area (Å²) in [6, 6.07) is 8.92. The molecule has 0 bridgehead atoms. The van der Waals surface area contributed by atoms with E-state index >= 15 is 0 Å². The second-order valence-corrected chi connectivity index (χ2v) is 4.09. The fourth-order valence-electron chi connectivity index (χ4n) is 1.79. The minimum absolute atomic E-state index is 0.0368. The first kappa shape index (κ1) is 14.0. The van der Waals surface area contributed by atoms with Gasteiger partial charge in [0, 0.05) is 5.56 Å². The zero-order valence-corrected chi connectivity index (χ0v) is 10.7. The summed E-state index contributed by atoms with van der Waals surface area (Å²) in [6.45, 7) is -1.24. The highest BCUT2D eigenvalue weighted by molar-refractivity contribution is 5.91. The van der Waals surface area contributed by atoms with Gasteiger partial charge in [-0.15, -0.1) is 0 Å². The molecule has 4 nitrogen and oxygen atoms in total. The van der Waals surface area contributed by atoms with Crippen LogP contribution in [0.4, 0.5) is 8.78 Å². The first-order valence-electron chi connectivity index (χ1n) is 5.96. The Kier molecular flexibility index (Phi) is 4.34. The Morgan fingerprint density at radius 2 is 2.00 bits per heavy atom. The molecule has 0 fully saturated rings. The molecule has 0 aliphatic heterocycles. The number of ether oxygens (including phenoxy) is 1. The second-order valence-electron chi connectivity index (χ2n) is 4.09. The van der Waals surface area contributed by atoms with Gasteiger partial charge < -0.3 is 14.5 Å². The lowest BCUT2D eigenvalue weighted by Crippen LogP contribution is -2.26. The van der Waals surface area contributed by atoms with Gasteiger partial charge in [0.25, 0.3) is 5.91 Å². The van der Waals surface area contributed by atoms with Gasteiger partial charge >= 0.3 is 6.61 Å². The van der Waals surface area contributed by atoms with Crippen LogP contribution in [-0.4, -0.2) is 12.5 Å². The molecule has 1 aromatic carbocycles. The summed E-state index contributed by atoms with van der Waals surface area (Å²) in [4.78, 5) is 11.8. The normalized spacial score (nSPS) is 12.2. The maximum absolute atomic E-state index is 12.3. The summed E-state index contributed by atoms with van der Waals surface area (Å²) in [5.41, 5.74) is 0.465. The van der Waals surface area contributed by atoms with Gasteiger partial charge in [0.1, 0.15) is 5.75 Å². The minimum atomic E-state index is -2.91. The zero-order valence-electron chi connectivity index (χ0n) is 10.7. The number of nitrogens with one attached hydrogen (secondary N) is 1. The Hall–Kier alpha value is -2.37. The lowest BCUT2D eigenvalue weighted by Gasteiger charge is -2.17. The van der Waals surface area contributed by atoms with Crippen molar-refractivity contribution in [3.63, 3.8) is 0 Å². The van der Waals surface area contributed by atoms with E-state index in [4.69, 9.17) is 4.42 Å². The number of hydrogen-bond acceptors (Lipinski definition) is 3. The van der Waals surface area contributed by atoms with Gasteiger partial charge in [-0.2, -0.15) is 8.78 Å². The highest BCUT2D eigenvalue weighted by atomic mass is 19.3. The Morgan fingerprint density at radius 3 is 2.65 bits per heavy atom. The molecule has 2 rings (SSSR count). The average Bonchev–Trinajstić information content (AvgIpc) is 2.92. The molecule has 2 aromatic rings. The van der Waals surface area contributed by atoms with Gasteiger partial charge in [0.2, 0.25) is 0 Å². The predicted octanol–water partition coefficient (Wildman–Crippen LogP) is 3.37. The van der Waals surface area contributed by atoms with Crippen molar-refractivity contribution in [3.05, 3.63) is 54.0 Å². The minimum Gasteiger partial charge on any atom is -0.459 e. The summed E-state index contributed by atoms with van der Waals surface area (Å²) in [5, 5.41) is 2.65. The number of furan rings is 1. The Bertz CT molecular complexity index is 570. The molecule has 1 heterocycles. The fraction of sp³-hybridized carbons (Fsp3) is 0.214. The van der Waals surface area contributed by atoms with Crippen molar-refractivity contribution >= 4 is 5.91 Å². The molecule has 1 aromatic heterocycles. The van der Waals surface area contributed by atoms with E-state index in [0.29, 0.717) is 5.56 Å². The van der Waals surface area contributed by atoms with E-state index in [-0.39, 0.29) is 11.5 Å². The quantitative estimate of drug-likeness (QED) is 0.914. The van der Waals surface area contributed by atoms with E-state index in [0.717, 1.165) is 0 Å². The van der Waals surface area contributed by atoms with Crippen LogP contribution in [0.1, 0.15) is 29.1 Å². The van der Waals surface area contributed by atoms with Gasteiger partial charge in [0.15, 0.2) is 5.76 Å². The lowest BCUT2D eigenvalue weighted by molar-refractivity contribution is -0.0506. The third-order valence-corrected chi connectivity index (χ3v) is 2.69. The van der Waals surface area contributed by atoms with Crippen molar-refractivity contribution in [2.45, 2.75) is 19.6 Å². The molecule has 0 aliphatic rings. The van der Waals surface area contributed by atoms with Gasteiger partial charge in [0.05, 0.1) is 12.3 Å². The fourth-order valence-corrected chi connectivity index (χ4v) is 1.79. The van der Waals surface area contributed by atoms with Gasteiger partial charge in [-0.1, -0.05) is 18.2 Å². The number of carbonyl (C=O) groups excluding carboxylic acids is 1. The molecule has 106 valence electrons. The number of para-hydroxylation sites is 1. The molecule has 0 unspecified atom stereocenters. The van der Waals surface area contributed by atoms with Crippen molar-refractivity contribution < 1.29 is 22.7 Å². The van der Waals surface area contributed by atoms with Crippen LogP contribution in [0.15, 0.2) is 47.1 Å². The number of alkyl halides is 2. The molecular weight excluding hydrogens is 268 g/mol. The number of benzene rings is 1. The van der Waals surface area contributed by atoms with Gasteiger partial charge in [-0.3, -0.25) is 4.79 Å². The molecule has 1 N–H and O–H groups in total. The van der Waals surface area contributed by atoms with Crippen molar-refractivity contribution in [1.82, 2.24) is 5.32 Å². The monoisotopic (exact) mass is 281 g/mol. The molecule has 1 atom stereocenters. The van der Waals surface area contributed by atoms with E-state index in [1.165, 1.54) is 18.4 Å². The first-order chi connectivity index (χ1) is 9.58. The van der Waals surface area contributed by atoms with Crippen LogP contribution in [0.2, 0.25) is 0 Å². The van der Waals surface area contributed by atoms with Crippen LogP contribution >= 0.6 is 0 Å². The smallest absolute Gasteiger partial charge is 0.387 e. The highest BCUT2D eigenvalue weighted by Crippen LogP contribution is 2.26. The van der Waals surface area contributed by atoms with E-state index in [9.17, 15) is 13.6 Å². The Morgan fingerprint density at radius 1 is 1.25 bits per heavy atom. The molecule has 0 spiro atoms. The van der Waals surface area contributed by atoms with Crippen LogP contribution in [0.5, 0.6) is 5.75 Å². The number of amides is 1. The molecule has 0 radical (unpaired) electrons. The summed E-state index contributed by atoms with van der Waals surface area (Å²) in [7, 11) is 0. The standard InChI is InChI=1S/C14H13F2NO3/c1-9(17-13(18)12-7-4-8-19-12)10-5-2-3-6-11(10)20-14(15)16/h2-9,14H,1H3,(H,17,18)/t9-/m0/s1. The predicted molar refractivity (Wildman–Crippen MR) is 67.7 cm³/mol. The summed E-state index contributed by atoms with van der Waals surface area (Å²) in [6.07, 6.45) is 1.38. The van der Waals surface area contributed by atoms with Crippen molar-refractivity contribution in [2.75, 3.05) is 0 Å². The molecule has 0 saturated heterocycles. The van der Waals surface area contributed by atoms with E-state index in [2.05, 4.69) is 10.1 Å². The first-order valence-corrected chi connectivity index (χ1v) is 5.96. The van der Waals surface area contributed by atoms with E-state index in [1.807, 2.05) is 0 Å². The van der Waals surface area contributed by atoms with Crippen LogP contribution in [-0.2, 0) is 0 Å². The topological polar surface area (TPSA) is 51.5 Å². The lowest BCUT2D eigenvalue weighted by atomic mass is 10.1. The summed E-state index contributed by atoms with van der Waals surface area (Å²) < 4.78 is 34.0. The molecule has 0 aliphatic carbocycles. The third kappa shape index (κ3) is 3.34. The molecule has 6 heteroatoms. The highest BCUT2D eigenvalue weighted by Gasteiger charge is 2.18. The second kappa shape index (κ2) is 6.18. The number of halogens is 2. The van der Waals surface area contributed by atoms with Crippen molar-refractivity contribution in [2.24, 2.45) is 0 Å². The molecule has 1 amide bonds. The zero-order chi connectivity index (χ0) is 14.5. The van der Waals surface area contributed by atoms with Gasteiger partial charge in [-0.25, -0.2) is 0 Å². The third-order valence-electron chi connectivity index (χ3n) is 2.69. The number of carbonyl (C=O) groups is 1. The SMILES string of the molecule is C[C@H](NC(=O)c1ccco1)c1ccccc1OC(F)F. The van der Waals surface area contributed by atoms with Crippen LogP contribution in [0, 0.1) is 0 Å². The number of rotatable bonds is 5. The summed E-state index contributed by atoms with van der Waals surface area (Å²) >= 11 is 0. The average molecular weight is 281 g/mol.